The Morgan fingerprint density at radius 3 is 2.62 bits per heavy atom. The molecular weight excluding hydrogens is 290 g/mol. The summed E-state index contributed by atoms with van der Waals surface area (Å²) in [5.41, 5.74) is 6.51. The van der Waals surface area contributed by atoms with Crippen LogP contribution in [0.2, 0.25) is 0 Å². The van der Waals surface area contributed by atoms with Crippen LogP contribution >= 0.6 is 27.3 Å². The largest absolute Gasteiger partial charge is 0.375 e. The van der Waals surface area contributed by atoms with E-state index < -0.39 is 0 Å². The minimum absolute atomic E-state index is 0.254. The van der Waals surface area contributed by atoms with Gasteiger partial charge in [-0.25, -0.2) is 4.98 Å². The molecule has 1 heterocycles. The number of nitrogens with two attached hydrogens (primary N) is 1. The number of hydrogen-bond acceptors (Lipinski definition) is 4. The van der Waals surface area contributed by atoms with Gasteiger partial charge in [0.15, 0.2) is 5.13 Å². The fourth-order valence-electron chi connectivity index (χ4n) is 1.12. The number of thiazole rings is 1. The molecule has 0 fully saturated rings. The first kappa shape index (κ1) is 11.1. The van der Waals surface area contributed by atoms with Crippen molar-refractivity contribution in [3.05, 3.63) is 39.8 Å². The van der Waals surface area contributed by atoms with Gasteiger partial charge in [-0.05, 0) is 24.3 Å². The standard InChI is InChI=1S/C10H8BrN3OS/c11-6-1-3-7(4-2-6)13-9(15)8-5-16-10(12)14-8/h1-5H,(H2,12,14)(H,13,15). The van der Waals surface area contributed by atoms with Gasteiger partial charge < -0.3 is 11.1 Å². The number of halogens is 1. The Hall–Kier alpha value is -1.40. The van der Waals surface area contributed by atoms with E-state index in [9.17, 15) is 4.79 Å². The van der Waals surface area contributed by atoms with Crippen LogP contribution in [0, 0.1) is 0 Å². The number of rotatable bonds is 2. The lowest BCUT2D eigenvalue weighted by Gasteiger charge is -2.02. The number of benzene rings is 1. The molecule has 6 heteroatoms. The molecule has 0 aliphatic rings. The minimum Gasteiger partial charge on any atom is -0.375 e. The van der Waals surface area contributed by atoms with Crippen LogP contribution in [0.15, 0.2) is 34.1 Å². The molecule has 3 N–H and O–H groups in total. The molecule has 2 rings (SSSR count). The van der Waals surface area contributed by atoms with E-state index in [1.54, 1.807) is 17.5 Å². The summed E-state index contributed by atoms with van der Waals surface area (Å²) in [6, 6.07) is 7.31. The van der Waals surface area contributed by atoms with Gasteiger partial charge in [0.2, 0.25) is 0 Å². The quantitative estimate of drug-likeness (QED) is 0.895. The van der Waals surface area contributed by atoms with Gasteiger partial charge in [-0.15, -0.1) is 11.3 Å². The molecule has 1 aromatic carbocycles. The van der Waals surface area contributed by atoms with Crippen molar-refractivity contribution in [2.75, 3.05) is 11.1 Å². The van der Waals surface area contributed by atoms with Crippen LogP contribution in [-0.4, -0.2) is 10.9 Å². The van der Waals surface area contributed by atoms with Crippen LogP contribution in [0.25, 0.3) is 0 Å². The smallest absolute Gasteiger partial charge is 0.275 e. The zero-order valence-corrected chi connectivity index (χ0v) is 10.5. The molecular formula is C10H8BrN3OS. The van der Waals surface area contributed by atoms with Crippen LogP contribution in [0.5, 0.6) is 0 Å². The number of nitrogens with one attached hydrogen (secondary N) is 1. The van der Waals surface area contributed by atoms with E-state index in [1.165, 1.54) is 11.3 Å². The van der Waals surface area contributed by atoms with Crippen molar-refractivity contribution < 1.29 is 4.79 Å². The Morgan fingerprint density at radius 1 is 1.38 bits per heavy atom. The third-order valence-electron chi connectivity index (χ3n) is 1.86. The molecule has 1 aromatic heterocycles. The van der Waals surface area contributed by atoms with Gasteiger partial charge in [0.25, 0.3) is 5.91 Å². The summed E-state index contributed by atoms with van der Waals surface area (Å²) in [7, 11) is 0. The highest BCUT2D eigenvalue weighted by molar-refractivity contribution is 9.10. The fourth-order valence-corrected chi connectivity index (χ4v) is 1.93. The van der Waals surface area contributed by atoms with Gasteiger partial charge in [-0.1, -0.05) is 15.9 Å². The second kappa shape index (κ2) is 4.63. The molecule has 2 aromatic rings. The van der Waals surface area contributed by atoms with Crippen LogP contribution in [0.1, 0.15) is 10.5 Å². The molecule has 4 nitrogen and oxygen atoms in total. The number of nitrogens with zero attached hydrogens (tertiary/aromatic N) is 1. The van der Waals surface area contributed by atoms with E-state index in [-0.39, 0.29) is 5.91 Å². The number of aromatic nitrogens is 1. The predicted octanol–water partition coefficient (Wildman–Crippen LogP) is 2.74. The van der Waals surface area contributed by atoms with Gasteiger partial charge in [-0.2, -0.15) is 0 Å². The van der Waals surface area contributed by atoms with E-state index >= 15 is 0 Å². The third-order valence-corrected chi connectivity index (χ3v) is 3.06. The van der Waals surface area contributed by atoms with E-state index in [4.69, 9.17) is 5.73 Å². The summed E-state index contributed by atoms with van der Waals surface area (Å²) in [6.07, 6.45) is 0. The van der Waals surface area contributed by atoms with E-state index in [0.717, 1.165) is 10.2 Å². The van der Waals surface area contributed by atoms with Crippen LogP contribution in [0.3, 0.4) is 0 Å². The van der Waals surface area contributed by atoms with Crippen molar-refractivity contribution in [3.8, 4) is 0 Å². The fraction of sp³-hybridized carbons (Fsp3) is 0. The molecule has 0 aliphatic carbocycles. The van der Waals surface area contributed by atoms with Crippen molar-refractivity contribution in [1.29, 1.82) is 0 Å². The number of hydrogen-bond donors (Lipinski definition) is 2. The zero-order valence-electron chi connectivity index (χ0n) is 8.11. The van der Waals surface area contributed by atoms with Crippen molar-refractivity contribution >= 4 is 44.0 Å². The minimum atomic E-state index is -0.254. The summed E-state index contributed by atoms with van der Waals surface area (Å²) in [4.78, 5) is 15.6. The molecule has 0 atom stereocenters. The first-order chi connectivity index (χ1) is 7.65. The topological polar surface area (TPSA) is 68.0 Å². The highest BCUT2D eigenvalue weighted by Gasteiger charge is 2.09. The van der Waals surface area contributed by atoms with E-state index in [0.29, 0.717) is 10.8 Å². The maximum absolute atomic E-state index is 11.7. The van der Waals surface area contributed by atoms with Crippen LogP contribution < -0.4 is 11.1 Å². The van der Waals surface area contributed by atoms with Crippen LogP contribution in [-0.2, 0) is 0 Å². The van der Waals surface area contributed by atoms with Gasteiger partial charge in [-0.3, -0.25) is 4.79 Å². The van der Waals surface area contributed by atoms with Crippen LogP contribution in [0.4, 0.5) is 10.8 Å². The maximum Gasteiger partial charge on any atom is 0.275 e. The van der Waals surface area contributed by atoms with Gasteiger partial charge >= 0.3 is 0 Å². The lowest BCUT2D eigenvalue weighted by molar-refractivity contribution is 0.102. The molecule has 0 bridgehead atoms. The molecule has 82 valence electrons. The number of carbonyl (C=O) groups excluding carboxylic acids is 1. The van der Waals surface area contributed by atoms with Crippen molar-refractivity contribution in [3.63, 3.8) is 0 Å². The average molecular weight is 298 g/mol. The highest BCUT2D eigenvalue weighted by atomic mass is 79.9. The zero-order chi connectivity index (χ0) is 11.5. The molecule has 0 aliphatic heterocycles. The van der Waals surface area contributed by atoms with E-state index in [2.05, 4.69) is 26.2 Å². The number of amides is 1. The lowest BCUT2D eigenvalue weighted by atomic mass is 10.3. The molecule has 0 unspecified atom stereocenters. The molecule has 0 saturated carbocycles. The lowest BCUT2D eigenvalue weighted by Crippen LogP contribution is -2.12. The molecule has 1 amide bonds. The van der Waals surface area contributed by atoms with Gasteiger partial charge in [0.1, 0.15) is 5.69 Å². The Bertz CT molecular complexity index is 509. The predicted molar refractivity (Wildman–Crippen MR) is 68.6 cm³/mol. The highest BCUT2D eigenvalue weighted by Crippen LogP contribution is 2.16. The average Bonchev–Trinajstić information content (AvgIpc) is 2.68. The molecule has 0 saturated heterocycles. The summed E-state index contributed by atoms with van der Waals surface area (Å²) in [5.74, 6) is -0.254. The number of anilines is 2. The monoisotopic (exact) mass is 297 g/mol. The van der Waals surface area contributed by atoms with Crippen molar-refractivity contribution in [2.24, 2.45) is 0 Å². The summed E-state index contributed by atoms with van der Waals surface area (Å²) in [5, 5.41) is 4.75. The summed E-state index contributed by atoms with van der Waals surface area (Å²) < 4.78 is 0.961. The molecule has 0 radical (unpaired) electrons. The second-order valence-electron chi connectivity index (χ2n) is 3.03. The molecule has 0 spiro atoms. The van der Waals surface area contributed by atoms with E-state index in [1.807, 2.05) is 12.1 Å². The van der Waals surface area contributed by atoms with Crippen molar-refractivity contribution in [1.82, 2.24) is 4.98 Å². The molecule has 16 heavy (non-hydrogen) atoms. The first-order valence-electron chi connectivity index (χ1n) is 4.43. The first-order valence-corrected chi connectivity index (χ1v) is 6.10. The normalized spacial score (nSPS) is 10.1. The van der Waals surface area contributed by atoms with Gasteiger partial charge in [0.05, 0.1) is 0 Å². The Morgan fingerprint density at radius 2 is 2.06 bits per heavy atom. The Kier molecular flexibility index (Phi) is 3.21. The summed E-state index contributed by atoms with van der Waals surface area (Å²) >= 11 is 4.56. The van der Waals surface area contributed by atoms with Gasteiger partial charge in [0, 0.05) is 15.5 Å². The number of nitrogen functional groups attached to an aromatic ring is 1. The Balaban J connectivity index is 2.10. The maximum atomic E-state index is 11.7. The number of carbonyl (C=O) groups is 1. The third kappa shape index (κ3) is 2.59. The SMILES string of the molecule is Nc1nc(C(=O)Nc2ccc(Br)cc2)cs1. The summed E-state index contributed by atoms with van der Waals surface area (Å²) in [6.45, 7) is 0. The van der Waals surface area contributed by atoms with Crippen molar-refractivity contribution in [2.45, 2.75) is 0 Å². The Labute approximate surface area is 105 Å². The second-order valence-corrected chi connectivity index (χ2v) is 4.84.